The Morgan fingerprint density at radius 2 is 2.00 bits per heavy atom. The Balaban J connectivity index is 2.82. The first kappa shape index (κ1) is 14.5. The number of nitrogens with one attached hydrogen (secondary N) is 1. The third-order valence-electron chi connectivity index (χ3n) is 2.33. The molecular formula is C12H16BrN3O2. The average Bonchev–Trinajstić information content (AvgIpc) is 2.19. The molecule has 2 amide bonds. The van der Waals surface area contributed by atoms with E-state index in [1.165, 1.54) is 0 Å². The third-order valence-corrected chi connectivity index (χ3v) is 3.05. The Bertz CT molecular complexity index is 486. The molecule has 0 bridgehead atoms. The normalized spacial score (nSPS) is 11.1. The van der Waals surface area contributed by atoms with Gasteiger partial charge in [0.25, 0.3) is 5.91 Å². The van der Waals surface area contributed by atoms with Crippen LogP contribution in [0.4, 0.5) is 5.69 Å². The zero-order valence-electron chi connectivity index (χ0n) is 10.3. The van der Waals surface area contributed by atoms with Crippen LogP contribution in [0, 0.1) is 0 Å². The lowest BCUT2D eigenvalue weighted by atomic mass is 9.99. The van der Waals surface area contributed by atoms with Gasteiger partial charge in [-0.15, -0.1) is 0 Å². The Kier molecular flexibility index (Phi) is 4.34. The van der Waals surface area contributed by atoms with Crippen molar-refractivity contribution in [3.63, 3.8) is 0 Å². The summed E-state index contributed by atoms with van der Waals surface area (Å²) in [7, 11) is 0. The fraction of sp³-hybridized carbons (Fsp3) is 0.333. The molecule has 0 atom stereocenters. The van der Waals surface area contributed by atoms with E-state index in [9.17, 15) is 9.59 Å². The maximum Gasteiger partial charge on any atom is 0.251 e. The molecule has 5 nitrogen and oxygen atoms in total. The molecule has 18 heavy (non-hydrogen) atoms. The summed E-state index contributed by atoms with van der Waals surface area (Å²) in [5.41, 5.74) is 11.1. The number of carbonyl (C=O) groups excluding carboxylic acids is 2. The number of rotatable bonds is 4. The number of hydrogen-bond acceptors (Lipinski definition) is 3. The number of carbonyl (C=O) groups is 2. The van der Waals surface area contributed by atoms with Gasteiger partial charge < -0.3 is 16.8 Å². The first-order valence-corrected chi connectivity index (χ1v) is 6.16. The Morgan fingerprint density at radius 1 is 1.39 bits per heavy atom. The van der Waals surface area contributed by atoms with Gasteiger partial charge in [0, 0.05) is 27.7 Å². The van der Waals surface area contributed by atoms with Crippen molar-refractivity contribution in [1.82, 2.24) is 5.32 Å². The van der Waals surface area contributed by atoms with Crippen molar-refractivity contribution in [1.29, 1.82) is 0 Å². The molecule has 6 heteroatoms. The van der Waals surface area contributed by atoms with E-state index in [1.807, 2.05) is 0 Å². The van der Waals surface area contributed by atoms with Crippen LogP contribution in [-0.4, -0.2) is 17.4 Å². The van der Waals surface area contributed by atoms with E-state index in [4.69, 9.17) is 11.5 Å². The molecule has 1 aromatic carbocycles. The van der Waals surface area contributed by atoms with Crippen LogP contribution >= 0.6 is 15.9 Å². The number of anilines is 1. The van der Waals surface area contributed by atoms with Crippen LogP contribution in [0.3, 0.4) is 0 Å². The largest absolute Gasteiger partial charge is 0.398 e. The van der Waals surface area contributed by atoms with Crippen molar-refractivity contribution in [2.24, 2.45) is 5.73 Å². The van der Waals surface area contributed by atoms with Gasteiger partial charge >= 0.3 is 0 Å². The standard InChI is InChI=1S/C12H16BrN3O2/c1-12(2,6-10(15)17)16-11(18)7-3-4-8(13)9(14)5-7/h3-5H,6,14H2,1-2H3,(H2,15,17)(H,16,18). The van der Waals surface area contributed by atoms with E-state index in [0.29, 0.717) is 11.3 Å². The lowest BCUT2D eigenvalue weighted by Crippen LogP contribution is -2.46. The van der Waals surface area contributed by atoms with Crippen molar-refractivity contribution >= 4 is 33.4 Å². The molecule has 0 heterocycles. The highest BCUT2D eigenvalue weighted by Gasteiger charge is 2.23. The Labute approximate surface area is 114 Å². The molecule has 0 radical (unpaired) electrons. The summed E-state index contributed by atoms with van der Waals surface area (Å²) in [5, 5.41) is 2.74. The van der Waals surface area contributed by atoms with Crippen LogP contribution in [0.2, 0.25) is 0 Å². The molecule has 98 valence electrons. The molecule has 0 aliphatic rings. The van der Waals surface area contributed by atoms with E-state index >= 15 is 0 Å². The van der Waals surface area contributed by atoms with Gasteiger partial charge in [-0.3, -0.25) is 9.59 Å². The van der Waals surface area contributed by atoms with Gasteiger partial charge in [0.1, 0.15) is 0 Å². The lowest BCUT2D eigenvalue weighted by molar-refractivity contribution is -0.119. The fourth-order valence-electron chi connectivity index (χ4n) is 1.54. The number of benzene rings is 1. The maximum absolute atomic E-state index is 12.0. The summed E-state index contributed by atoms with van der Waals surface area (Å²) < 4.78 is 0.732. The topological polar surface area (TPSA) is 98.2 Å². The van der Waals surface area contributed by atoms with Crippen LogP contribution in [-0.2, 0) is 4.79 Å². The Hall–Kier alpha value is -1.56. The highest BCUT2D eigenvalue weighted by Crippen LogP contribution is 2.20. The molecule has 1 rings (SSSR count). The maximum atomic E-state index is 12.0. The van der Waals surface area contributed by atoms with E-state index < -0.39 is 11.4 Å². The molecule has 0 aliphatic heterocycles. The second-order valence-electron chi connectivity index (χ2n) is 4.72. The minimum absolute atomic E-state index is 0.0742. The molecule has 0 saturated carbocycles. The smallest absolute Gasteiger partial charge is 0.251 e. The van der Waals surface area contributed by atoms with Crippen LogP contribution in [0.5, 0.6) is 0 Å². The van der Waals surface area contributed by atoms with Crippen molar-refractivity contribution < 1.29 is 9.59 Å². The number of hydrogen-bond donors (Lipinski definition) is 3. The van der Waals surface area contributed by atoms with Crippen molar-refractivity contribution in [3.05, 3.63) is 28.2 Å². The predicted octanol–water partition coefficient (Wildman–Crippen LogP) is 1.42. The first-order valence-electron chi connectivity index (χ1n) is 5.37. The van der Waals surface area contributed by atoms with Gasteiger partial charge in [-0.2, -0.15) is 0 Å². The molecule has 0 spiro atoms. The van der Waals surface area contributed by atoms with Crippen molar-refractivity contribution in [2.45, 2.75) is 25.8 Å². The fourth-order valence-corrected chi connectivity index (χ4v) is 1.79. The van der Waals surface area contributed by atoms with E-state index in [1.54, 1.807) is 32.0 Å². The molecular weight excluding hydrogens is 298 g/mol. The number of nitrogens with two attached hydrogens (primary N) is 2. The second kappa shape index (κ2) is 5.39. The van der Waals surface area contributed by atoms with E-state index in [-0.39, 0.29) is 12.3 Å². The van der Waals surface area contributed by atoms with Crippen molar-refractivity contribution in [2.75, 3.05) is 5.73 Å². The van der Waals surface area contributed by atoms with Crippen molar-refractivity contribution in [3.8, 4) is 0 Å². The molecule has 0 aliphatic carbocycles. The minimum Gasteiger partial charge on any atom is -0.398 e. The summed E-state index contributed by atoms with van der Waals surface area (Å²) in [6.45, 7) is 3.47. The number of halogens is 1. The SMILES string of the molecule is CC(C)(CC(N)=O)NC(=O)c1ccc(Br)c(N)c1. The molecule has 0 saturated heterocycles. The quantitative estimate of drug-likeness (QED) is 0.733. The molecule has 0 fully saturated rings. The molecule has 0 unspecified atom stereocenters. The van der Waals surface area contributed by atoms with Gasteiger partial charge in [0.2, 0.25) is 5.91 Å². The van der Waals surface area contributed by atoms with E-state index in [0.717, 1.165) is 4.47 Å². The summed E-state index contributed by atoms with van der Waals surface area (Å²) in [6.07, 6.45) is 0.0742. The van der Waals surface area contributed by atoms with Gasteiger partial charge in [0.05, 0.1) is 0 Å². The third kappa shape index (κ3) is 4.03. The molecule has 5 N–H and O–H groups in total. The van der Waals surface area contributed by atoms with E-state index in [2.05, 4.69) is 21.2 Å². The highest BCUT2D eigenvalue weighted by molar-refractivity contribution is 9.10. The number of nitrogen functional groups attached to an aromatic ring is 1. The summed E-state index contributed by atoms with van der Waals surface area (Å²) in [5.74, 6) is -0.754. The Morgan fingerprint density at radius 3 is 2.50 bits per heavy atom. The monoisotopic (exact) mass is 313 g/mol. The van der Waals surface area contributed by atoms with Gasteiger partial charge in [-0.1, -0.05) is 0 Å². The summed E-state index contributed by atoms with van der Waals surface area (Å²) in [6, 6.07) is 4.92. The number of amides is 2. The molecule has 1 aromatic rings. The van der Waals surface area contributed by atoms with Gasteiger partial charge in [-0.25, -0.2) is 0 Å². The zero-order chi connectivity index (χ0) is 13.9. The van der Waals surface area contributed by atoms with Crippen LogP contribution in [0.1, 0.15) is 30.6 Å². The van der Waals surface area contributed by atoms with Crippen LogP contribution < -0.4 is 16.8 Å². The summed E-state index contributed by atoms with van der Waals surface area (Å²) in [4.78, 5) is 22.8. The summed E-state index contributed by atoms with van der Waals surface area (Å²) >= 11 is 3.25. The van der Waals surface area contributed by atoms with Gasteiger partial charge in [0.15, 0.2) is 0 Å². The second-order valence-corrected chi connectivity index (χ2v) is 5.57. The first-order chi connectivity index (χ1) is 8.21. The highest BCUT2D eigenvalue weighted by atomic mass is 79.9. The number of primary amides is 1. The average molecular weight is 314 g/mol. The molecule has 0 aromatic heterocycles. The van der Waals surface area contributed by atoms with Crippen LogP contribution in [0.25, 0.3) is 0 Å². The zero-order valence-corrected chi connectivity index (χ0v) is 11.9. The predicted molar refractivity (Wildman–Crippen MR) is 73.9 cm³/mol. The minimum atomic E-state index is -0.690. The van der Waals surface area contributed by atoms with Gasteiger partial charge in [-0.05, 0) is 48.0 Å². The van der Waals surface area contributed by atoms with Crippen LogP contribution in [0.15, 0.2) is 22.7 Å². The lowest BCUT2D eigenvalue weighted by Gasteiger charge is -2.24.